The molecule has 1 heterocycles. The monoisotopic (exact) mass is 469 g/mol. The van der Waals surface area contributed by atoms with Crippen molar-refractivity contribution in [3.05, 3.63) is 63.9 Å². The van der Waals surface area contributed by atoms with E-state index in [2.05, 4.69) is 24.1 Å². The van der Waals surface area contributed by atoms with Gasteiger partial charge in [0.1, 0.15) is 5.75 Å². The second-order valence-electron chi connectivity index (χ2n) is 8.20. The van der Waals surface area contributed by atoms with Crippen LogP contribution in [0, 0.1) is 5.92 Å². The van der Waals surface area contributed by atoms with E-state index in [4.69, 9.17) is 26.4 Å². The van der Waals surface area contributed by atoms with E-state index >= 15 is 0 Å². The van der Waals surface area contributed by atoms with Crippen LogP contribution < -0.4 is 25.1 Å². The Morgan fingerprint density at radius 3 is 2.27 bits per heavy atom. The van der Waals surface area contributed by atoms with Crippen molar-refractivity contribution in [2.45, 2.75) is 26.9 Å². The van der Waals surface area contributed by atoms with Crippen LogP contribution in [0.4, 0.5) is 0 Å². The van der Waals surface area contributed by atoms with Gasteiger partial charge in [0.05, 0.1) is 33.4 Å². The minimum absolute atomic E-state index is 0.166. The highest BCUT2D eigenvalue weighted by Gasteiger charge is 2.16. The summed E-state index contributed by atoms with van der Waals surface area (Å²) in [6.45, 7) is 5.91. The molecule has 0 atom stereocenters. The number of benzene rings is 2. The predicted molar refractivity (Wildman–Crippen MR) is 135 cm³/mol. The molecule has 0 fully saturated rings. The first-order chi connectivity index (χ1) is 15.8. The minimum Gasteiger partial charge on any atom is -0.497 e. The maximum Gasteiger partial charge on any atom is 0.253 e. The molecule has 7 nitrogen and oxygen atoms in total. The third-order valence-corrected chi connectivity index (χ3v) is 5.67. The van der Waals surface area contributed by atoms with Gasteiger partial charge < -0.3 is 29.4 Å². The van der Waals surface area contributed by atoms with Crippen LogP contribution >= 0.6 is 12.2 Å². The van der Waals surface area contributed by atoms with E-state index in [0.29, 0.717) is 46.7 Å². The molecular formula is C25H31N3O4S. The molecule has 0 aliphatic carbocycles. The number of nitrogens with zero attached hydrogens (tertiary/aromatic N) is 1. The van der Waals surface area contributed by atoms with Gasteiger partial charge in [0.25, 0.3) is 5.56 Å². The summed E-state index contributed by atoms with van der Waals surface area (Å²) < 4.78 is 16.0. The van der Waals surface area contributed by atoms with Crippen molar-refractivity contribution in [3.8, 4) is 17.2 Å². The second-order valence-corrected chi connectivity index (χ2v) is 8.59. The molecule has 3 aromatic rings. The fourth-order valence-corrected chi connectivity index (χ4v) is 3.67. The van der Waals surface area contributed by atoms with Gasteiger partial charge >= 0.3 is 0 Å². The summed E-state index contributed by atoms with van der Waals surface area (Å²) in [5, 5.41) is 4.78. The number of fused-ring (bicyclic) bond motifs is 1. The third-order valence-electron chi connectivity index (χ3n) is 5.27. The Morgan fingerprint density at radius 1 is 1.00 bits per heavy atom. The van der Waals surface area contributed by atoms with Crippen molar-refractivity contribution in [2.24, 2.45) is 5.92 Å². The highest BCUT2D eigenvalue weighted by Crippen LogP contribution is 2.31. The number of methoxy groups -OCH3 is 3. The Bertz CT molecular complexity index is 1160. The molecule has 33 heavy (non-hydrogen) atoms. The lowest BCUT2D eigenvalue weighted by Crippen LogP contribution is -2.41. The van der Waals surface area contributed by atoms with Gasteiger partial charge in [-0.15, -0.1) is 0 Å². The molecule has 2 aromatic carbocycles. The first-order valence-electron chi connectivity index (χ1n) is 10.8. The highest BCUT2D eigenvalue weighted by atomic mass is 32.1. The lowest BCUT2D eigenvalue weighted by molar-refractivity contribution is 0.355. The first-order valence-corrected chi connectivity index (χ1v) is 11.2. The van der Waals surface area contributed by atoms with Gasteiger partial charge in [-0.25, -0.2) is 0 Å². The SMILES string of the molecule is COc1ccc(CN(Cc2cc3cc(OC)c(OC)cc3[nH]c2=O)C(=S)NCC(C)C)cc1. The van der Waals surface area contributed by atoms with Crippen LogP contribution in [0.25, 0.3) is 10.9 Å². The van der Waals surface area contributed by atoms with Gasteiger partial charge in [0, 0.05) is 30.1 Å². The van der Waals surface area contributed by atoms with Crippen molar-refractivity contribution < 1.29 is 14.2 Å². The maximum atomic E-state index is 12.9. The van der Waals surface area contributed by atoms with Crippen molar-refractivity contribution in [3.63, 3.8) is 0 Å². The van der Waals surface area contributed by atoms with Crippen molar-refractivity contribution in [1.29, 1.82) is 0 Å². The Balaban J connectivity index is 1.93. The van der Waals surface area contributed by atoms with Gasteiger partial charge in [-0.3, -0.25) is 4.79 Å². The summed E-state index contributed by atoms with van der Waals surface area (Å²) in [5.41, 5.74) is 2.19. The molecule has 0 spiro atoms. The second kappa shape index (κ2) is 11.0. The molecule has 0 saturated heterocycles. The molecule has 0 unspecified atom stereocenters. The van der Waals surface area contributed by atoms with Crippen LogP contribution in [0.2, 0.25) is 0 Å². The van der Waals surface area contributed by atoms with E-state index in [1.54, 1.807) is 27.4 Å². The molecule has 0 saturated carbocycles. The number of hydrogen-bond donors (Lipinski definition) is 2. The normalized spacial score (nSPS) is 10.8. The molecule has 0 radical (unpaired) electrons. The molecule has 0 aliphatic rings. The summed E-state index contributed by atoms with van der Waals surface area (Å²) in [7, 11) is 4.80. The number of aromatic nitrogens is 1. The molecule has 8 heteroatoms. The minimum atomic E-state index is -0.166. The number of nitrogens with one attached hydrogen (secondary N) is 2. The van der Waals surface area contributed by atoms with Crippen LogP contribution in [0.1, 0.15) is 25.0 Å². The standard InChI is InChI=1S/C25H31N3O4S/c1-16(2)13-26-25(33)28(14-17-6-8-20(30-3)9-7-17)15-19-10-18-11-22(31-4)23(32-5)12-21(18)27-24(19)29/h6-12,16H,13-15H2,1-5H3,(H,26,33)(H,27,29). The van der Waals surface area contributed by atoms with Crippen molar-refractivity contribution >= 4 is 28.2 Å². The molecule has 0 bridgehead atoms. The summed E-state index contributed by atoms with van der Waals surface area (Å²) in [6, 6.07) is 13.3. The van der Waals surface area contributed by atoms with Crippen LogP contribution in [-0.4, -0.2) is 42.9 Å². The first kappa shape index (κ1) is 24.4. The zero-order chi connectivity index (χ0) is 24.0. The fourth-order valence-electron chi connectivity index (χ4n) is 3.46. The topological polar surface area (TPSA) is 75.8 Å². The molecule has 1 aromatic heterocycles. The van der Waals surface area contributed by atoms with E-state index in [1.807, 2.05) is 41.3 Å². The molecular weight excluding hydrogens is 438 g/mol. The molecule has 2 N–H and O–H groups in total. The van der Waals surface area contributed by atoms with E-state index < -0.39 is 0 Å². The maximum absolute atomic E-state index is 12.9. The van der Waals surface area contributed by atoms with Gasteiger partial charge in [0.15, 0.2) is 16.6 Å². The van der Waals surface area contributed by atoms with Gasteiger partial charge in [-0.2, -0.15) is 0 Å². The van der Waals surface area contributed by atoms with Gasteiger partial charge in [-0.05, 0) is 48.0 Å². The number of thiocarbonyl (C=S) groups is 1. The largest absolute Gasteiger partial charge is 0.497 e. The van der Waals surface area contributed by atoms with Crippen LogP contribution in [0.15, 0.2) is 47.3 Å². The third kappa shape index (κ3) is 6.16. The fraction of sp³-hybridized carbons (Fsp3) is 0.360. The number of rotatable bonds is 9. The van der Waals surface area contributed by atoms with E-state index in [0.717, 1.165) is 23.2 Å². The Labute approximate surface area is 199 Å². The highest BCUT2D eigenvalue weighted by molar-refractivity contribution is 7.80. The Morgan fingerprint density at radius 2 is 1.67 bits per heavy atom. The lowest BCUT2D eigenvalue weighted by Gasteiger charge is -2.26. The molecule has 176 valence electrons. The molecule has 3 rings (SSSR count). The number of ether oxygens (including phenoxy) is 3. The van der Waals surface area contributed by atoms with Crippen molar-refractivity contribution in [2.75, 3.05) is 27.9 Å². The molecule has 0 amide bonds. The van der Waals surface area contributed by atoms with Gasteiger partial charge in [0.2, 0.25) is 0 Å². The average molecular weight is 470 g/mol. The zero-order valence-electron chi connectivity index (χ0n) is 19.7. The van der Waals surface area contributed by atoms with Crippen LogP contribution in [0.3, 0.4) is 0 Å². The van der Waals surface area contributed by atoms with Crippen molar-refractivity contribution in [1.82, 2.24) is 15.2 Å². The van der Waals surface area contributed by atoms with Gasteiger partial charge in [-0.1, -0.05) is 26.0 Å². The van der Waals surface area contributed by atoms with Crippen LogP contribution in [0.5, 0.6) is 17.2 Å². The number of aromatic amines is 1. The predicted octanol–water partition coefficient (Wildman–Crippen LogP) is 4.09. The Hall–Kier alpha value is -3.26. The summed E-state index contributed by atoms with van der Waals surface area (Å²) >= 11 is 5.69. The zero-order valence-corrected chi connectivity index (χ0v) is 20.5. The smallest absolute Gasteiger partial charge is 0.253 e. The van der Waals surface area contributed by atoms with E-state index in [9.17, 15) is 4.79 Å². The van der Waals surface area contributed by atoms with E-state index in [1.165, 1.54) is 0 Å². The van der Waals surface area contributed by atoms with Crippen LogP contribution in [-0.2, 0) is 13.1 Å². The quantitative estimate of drug-likeness (QED) is 0.457. The van der Waals surface area contributed by atoms with E-state index in [-0.39, 0.29) is 5.56 Å². The average Bonchev–Trinajstić information content (AvgIpc) is 2.82. The summed E-state index contributed by atoms with van der Waals surface area (Å²) in [6.07, 6.45) is 0. The Kier molecular flexibility index (Phi) is 8.16. The number of hydrogen-bond acceptors (Lipinski definition) is 5. The number of pyridine rings is 1. The lowest BCUT2D eigenvalue weighted by atomic mass is 10.1. The number of H-pyrrole nitrogens is 1. The summed E-state index contributed by atoms with van der Waals surface area (Å²) in [5.74, 6) is 2.40. The summed E-state index contributed by atoms with van der Waals surface area (Å²) in [4.78, 5) is 17.9. The molecule has 0 aliphatic heterocycles.